The maximum atomic E-state index is 12.1. The first-order valence-corrected chi connectivity index (χ1v) is 7.76. The number of sulfone groups is 1. The Bertz CT molecular complexity index is 771. The molecule has 0 aliphatic carbocycles. The van der Waals surface area contributed by atoms with Gasteiger partial charge in [0.2, 0.25) is 0 Å². The van der Waals surface area contributed by atoms with Gasteiger partial charge in [-0.3, -0.25) is 0 Å². The number of hydrogen-bond acceptors (Lipinski definition) is 5. The van der Waals surface area contributed by atoms with E-state index in [9.17, 15) is 13.2 Å². The molecule has 1 heterocycles. The number of carboxylic acid groups (broad SMARTS) is 1. The van der Waals surface area contributed by atoms with E-state index in [0.717, 1.165) is 0 Å². The molecule has 1 aromatic carbocycles. The van der Waals surface area contributed by atoms with Crippen LogP contribution in [-0.2, 0) is 14.7 Å². The van der Waals surface area contributed by atoms with Crippen LogP contribution < -0.4 is 0 Å². The van der Waals surface area contributed by atoms with Crippen molar-refractivity contribution in [1.82, 2.24) is 0 Å². The van der Waals surface area contributed by atoms with Crippen LogP contribution >= 0.6 is 0 Å². The Morgan fingerprint density at radius 1 is 1.52 bits per heavy atom. The molecule has 1 aliphatic rings. The Labute approximate surface area is 122 Å². The highest BCUT2D eigenvalue weighted by Gasteiger charge is 2.31. The number of carbonyl (C=O) groups is 1. The third-order valence-electron chi connectivity index (χ3n) is 3.21. The molecule has 0 unspecified atom stereocenters. The van der Waals surface area contributed by atoms with E-state index in [1.807, 2.05) is 0 Å². The van der Waals surface area contributed by atoms with Gasteiger partial charge in [-0.25, -0.2) is 13.2 Å². The minimum Gasteiger partial charge on any atom is -0.478 e. The summed E-state index contributed by atoms with van der Waals surface area (Å²) in [6.45, 7) is 1.52. The number of carboxylic acids is 1. The van der Waals surface area contributed by atoms with E-state index >= 15 is 0 Å². The Hall–Kier alpha value is -2.33. The van der Waals surface area contributed by atoms with Gasteiger partial charge in [0, 0.05) is 12.0 Å². The molecule has 21 heavy (non-hydrogen) atoms. The Balaban J connectivity index is 2.66. The molecule has 110 valence electrons. The average Bonchev–Trinajstić information content (AvgIpc) is 2.41. The van der Waals surface area contributed by atoms with Gasteiger partial charge < -0.3 is 9.94 Å². The molecule has 0 saturated heterocycles. The molecule has 0 spiro atoms. The molecule has 0 atom stereocenters. The van der Waals surface area contributed by atoms with Gasteiger partial charge in [-0.1, -0.05) is 11.1 Å². The normalized spacial score (nSPS) is 17.8. The highest BCUT2D eigenvalue weighted by Crippen LogP contribution is 2.30. The lowest BCUT2D eigenvalue weighted by atomic mass is 9.97. The molecule has 0 bridgehead atoms. The van der Waals surface area contributed by atoms with E-state index in [0.29, 0.717) is 16.8 Å². The molecule has 6 nitrogen and oxygen atoms in total. The van der Waals surface area contributed by atoms with Gasteiger partial charge in [-0.05, 0) is 24.6 Å². The standard InChI is InChI=1S/C14H13NO5S/c1-3-7-20-15-11-6-8-21(18,19)12-5-4-10(14(16)17)9(2)13(11)12/h1,4-5H,6-8H2,2H3,(H,16,17). The summed E-state index contributed by atoms with van der Waals surface area (Å²) in [5.74, 6) is 1.03. The van der Waals surface area contributed by atoms with Crippen molar-refractivity contribution in [3.05, 3.63) is 28.8 Å². The van der Waals surface area contributed by atoms with E-state index in [1.54, 1.807) is 6.92 Å². The lowest BCUT2D eigenvalue weighted by Crippen LogP contribution is -2.24. The fourth-order valence-electron chi connectivity index (χ4n) is 2.24. The number of oxime groups is 1. The third kappa shape index (κ3) is 2.76. The molecular weight excluding hydrogens is 294 g/mol. The molecular formula is C14H13NO5S. The zero-order chi connectivity index (χ0) is 15.6. The maximum Gasteiger partial charge on any atom is 0.335 e. The predicted molar refractivity (Wildman–Crippen MR) is 76.1 cm³/mol. The maximum absolute atomic E-state index is 12.1. The van der Waals surface area contributed by atoms with Crippen LogP contribution in [0.15, 0.2) is 22.2 Å². The number of fused-ring (bicyclic) bond motifs is 1. The number of nitrogens with zero attached hydrogens (tertiary/aromatic N) is 1. The van der Waals surface area contributed by atoms with Gasteiger partial charge >= 0.3 is 5.97 Å². The molecule has 0 saturated carbocycles. The van der Waals surface area contributed by atoms with Crippen LogP contribution in [0.3, 0.4) is 0 Å². The van der Waals surface area contributed by atoms with Crippen molar-refractivity contribution in [2.75, 3.05) is 12.4 Å². The molecule has 7 heteroatoms. The van der Waals surface area contributed by atoms with Crippen LogP contribution in [0.1, 0.15) is 27.9 Å². The van der Waals surface area contributed by atoms with Gasteiger partial charge in [0.25, 0.3) is 0 Å². The van der Waals surface area contributed by atoms with Crippen LogP contribution in [0.25, 0.3) is 0 Å². The van der Waals surface area contributed by atoms with E-state index < -0.39 is 15.8 Å². The van der Waals surface area contributed by atoms with Crippen LogP contribution in [0.5, 0.6) is 0 Å². The van der Waals surface area contributed by atoms with Crippen molar-refractivity contribution in [1.29, 1.82) is 0 Å². The van der Waals surface area contributed by atoms with Crippen molar-refractivity contribution >= 4 is 21.5 Å². The summed E-state index contributed by atoms with van der Waals surface area (Å²) in [5.41, 5.74) is 1.09. The van der Waals surface area contributed by atoms with E-state index in [4.69, 9.17) is 16.4 Å². The second-order valence-corrected chi connectivity index (χ2v) is 6.58. The SMILES string of the molecule is C#CCON=C1CCS(=O)(=O)c2ccc(C(=O)O)c(C)c21. The van der Waals surface area contributed by atoms with Gasteiger partial charge in [-0.2, -0.15) is 0 Å². The smallest absolute Gasteiger partial charge is 0.335 e. The first-order chi connectivity index (χ1) is 9.88. The minimum atomic E-state index is -3.44. The van der Waals surface area contributed by atoms with Gasteiger partial charge in [0.1, 0.15) is 0 Å². The van der Waals surface area contributed by atoms with Crippen LogP contribution in [0, 0.1) is 19.3 Å². The quantitative estimate of drug-likeness (QED) is 0.515. The number of hydrogen-bond donors (Lipinski definition) is 1. The molecule has 0 aromatic heterocycles. The molecule has 0 amide bonds. The Morgan fingerprint density at radius 3 is 2.86 bits per heavy atom. The summed E-state index contributed by atoms with van der Waals surface area (Å²) in [6, 6.07) is 2.59. The number of terminal acetylenes is 1. The zero-order valence-electron chi connectivity index (χ0n) is 11.3. The van der Waals surface area contributed by atoms with Crippen molar-refractivity contribution in [2.45, 2.75) is 18.2 Å². The van der Waals surface area contributed by atoms with E-state index in [1.165, 1.54) is 12.1 Å². The summed E-state index contributed by atoms with van der Waals surface area (Å²) >= 11 is 0. The number of rotatable bonds is 3. The Morgan fingerprint density at radius 2 is 2.24 bits per heavy atom. The lowest BCUT2D eigenvalue weighted by molar-refractivity contribution is 0.0696. The summed E-state index contributed by atoms with van der Waals surface area (Å²) in [6.07, 6.45) is 5.21. The summed E-state index contributed by atoms with van der Waals surface area (Å²) in [7, 11) is -3.44. The first-order valence-electron chi connectivity index (χ1n) is 6.11. The van der Waals surface area contributed by atoms with Crippen LogP contribution in [0.2, 0.25) is 0 Å². The average molecular weight is 307 g/mol. The largest absolute Gasteiger partial charge is 0.478 e. The third-order valence-corrected chi connectivity index (χ3v) is 4.96. The fourth-order valence-corrected chi connectivity index (χ4v) is 3.78. The van der Waals surface area contributed by atoms with E-state index in [-0.39, 0.29) is 29.2 Å². The molecule has 1 aliphatic heterocycles. The summed E-state index contributed by atoms with van der Waals surface area (Å²) in [5, 5.41) is 13.0. The second-order valence-electron chi connectivity index (χ2n) is 4.50. The topological polar surface area (TPSA) is 93.0 Å². The highest BCUT2D eigenvalue weighted by molar-refractivity contribution is 7.91. The van der Waals surface area contributed by atoms with Crippen LogP contribution in [0.4, 0.5) is 0 Å². The Kier molecular flexibility index (Phi) is 4.00. The van der Waals surface area contributed by atoms with Crippen molar-refractivity contribution in [2.24, 2.45) is 5.16 Å². The molecule has 0 radical (unpaired) electrons. The summed E-state index contributed by atoms with van der Waals surface area (Å²) in [4.78, 5) is 16.2. The number of benzene rings is 1. The fraction of sp³-hybridized carbons (Fsp3) is 0.286. The minimum absolute atomic E-state index is 0.0375. The van der Waals surface area contributed by atoms with E-state index in [2.05, 4.69) is 11.1 Å². The summed E-state index contributed by atoms with van der Waals surface area (Å²) < 4.78 is 24.2. The first kappa shape index (κ1) is 15.1. The van der Waals surface area contributed by atoms with Gasteiger partial charge in [0.15, 0.2) is 16.4 Å². The van der Waals surface area contributed by atoms with Crippen LogP contribution in [-0.4, -0.2) is 37.6 Å². The molecule has 1 aromatic rings. The van der Waals surface area contributed by atoms with Crippen molar-refractivity contribution in [3.8, 4) is 12.3 Å². The second kappa shape index (κ2) is 5.58. The predicted octanol–water partition coefficient (Wildman–Crippen LogP) is 1.22. The van der Waals surface area contributed by atoms with Crippen molar-refractivity contribution < 1.29 is 23.2 Å². The van der Waals surface area contributed by atoms with Gasteiger partial charge in [0.05, 0.1) is 21.9 Å². The monoisotopic (exact) mass is 307 g/mol. The molecule has 2 rings (SSSR count). The molecule has 1 N–H and O–H groups in total. The lowest BCUT2D eigenvalue weighted by Gasteiger charge is -2.20. The van der Waals surface area contributed by atoms with Gasteiger partial charge in [-0.15, -0.1) is 6.42 Å². The molecule has 0 fully saturated rings. The highest BCUT2D eigenvalue weighted by atomic mass is 32.2. The number of aromatic carboxylic acids is 1. The zero-order valence-corrected chi connectivity index (χ0v) is 12.1. The van der Waals surface area contributed by atoms with Crippen molar-refractivity contribution in [3.63, 3.8) is 0 Å².